The van der Waals surface area contributed by atoms with Crippen molar-refractivity contribution in [1.29, 1.82) is 5.26 Å². The highest BCUT2D eigenvalue weighted by atomic mass is 19.1. The van der Waals surface area contributed by atoms with E-state index in [9.17, 15) is 9.18 Å². The quantitative estimate of drug-likeness (QED) is 0.856. The summed E-state index contributed by atoms with van der Waals surface area (Å²) < 4.78 is 25.5. The van der Waals surface area contributed by atoms with Gasteiger partial charge in [-0.3, -0.25) is 9.69 Å². The van der Waals surface area contributed by atoms with Gasteiger partial charge in [0.1, 0.15) is 30.5 Å². The van der Waals surface area contributed by atoms with Crippen molar-refractivity contribution in [1.82, 2.24) is 4.90 Å². The minimum Gasteiger partial charge on any atom is -0.492 e. The van der Waals surface area contributed by atoms with Gasteiger partial charge in [-0.1, -0.05) is 12.1 Å². The molecule has 0 radical (unpaired) electrons. The zero-order chi connectivity index (χ0) is 19.7. The second kappa shape index (κ2) is 7.49. The molecule has 2 aliphatic heterocycles. The molecule has 1 unspecified atom stereocenters. The van der Waals surface area contributed by atoms with Crippen LogP contribution in [-0.2, 0) is 17.8 Å². The molecule has 0 saturated carbocycles. The normalized spacial score (nSPS) is 19.1. The van der Waals surface area contributed by atoms with Crippen molar-refractivity contribution in [3.63, 3.8) is 0 Å². The van der Waals surface area contributed by atoms with Gasteiger partial charge in [0.2, 0.25) is 0 Å². The predicted molar refractivity (Wildman–Crippen MR) is 97.6 cm³/mol. The number of hydrogen-bond acceptors (Lipinski definition) is 5. The van der Waals surface area contributed by atoms with Crippen molar-refractivity contribution < 1.29 is 23.8 Å². The molecule has 0 spiro atoms. The fourth-order valence-electron chi connectivity index (χ4n) is 3.52. The van der Waals surface area contributed by atoms with Gasteiger partial charge in [0.25, 0.3) is 0 Å². The Morgan fingerprint density at radius 2 is 2.14 bits per heavy atom. The summed E-state index contributed by atoms with van der Waals surface area (Å²) in [5.74, 6) is -0.167. The first-order valence-electron chi connectivity index (χ1n) is 9.07. The number of fused-ring (bicyclic) bond motifs is 1. The molecule has 2 aliphatic rings. The third-order valence-electron chi connectivity index (χ3n) is 5.28. The molecule has 6 nitrogen and oxygen atoms in total. The Bertz CT molecular complexity index is 950. The molecular formula is C21H19FN2O4. The van der Waals surface area contributed by atoms with Crippen LogP contribution in [0.1, 0.15) is 16.7 Å². The third kappa shape index (κ3) is 3.64. The Morgan fingerprint density at radius 3 is 2.86 bits per heavy atom. The highest BCUT2D eigenvalue weighted by molar-refractivity contribution is 5.71. The maximum atomic E-state index is 14.0. The van der Waals surface area contributed by atoms with Gasteiger partial charge >= 0.3 is 5.97 Å². The van der Waals surface area contributed by atoms with Crippen LogP contribution in [0.15, 0.2) is 36.4 Å². The average molecular weight is 382 g/mol. The summed E-state index contributed by atoms with van der Waals surface area (Å²) in [7, 11) is 0. The molecule has 1 fully saturated rings. The minimum atomic E-state index is -0.742. The molecule has 0 bridgehead atoms. The van der Waals surface area contributed by atoms with Crippen molar-refractivity contribution in [2.75, 3.05) is 19.7 Å². The van der Waals surface area contributed by atoms with Crippen molar-refractivity contribution in [3.05, 3.63) is 58.9 Å². The zero-order valence-electron chi connectivity index (χ0n) is 15.1. The first-order valence-corrected chi connectivity index (χ1v) is 9.07. The molecule has 2 aromatic carbocycles. The second-order valence-electron chi connectivity index (χ2n) is 7.13. The van der Waals surface area contributed by atoms with Crippen LogP contribution in [0.2, 0.25) is 0 Å². The van der Waals surface area contributed by atoms with Crippen LogP contribution in [0.25, 0.3) is 0 Å². The fraction of sp³-hybridized carbons (Fsp3) is 0.333. The van der Waals surface area contributed by atoms with Crippen LogP contribution in [0, 0.1) is 23.1 Å². The Labute approximate surface area is 161 Å². The lowest BCUT2D eigenvalue weighted by Gasteiger charge is -2.43. The largest absolute Gasteiger partial charge is 0.492 e. The molecular weight excluding hydrogens is 363 g/mol. The Kier molecular flexibility index (Phi) is 4.88. The summed E-state index contributed by atoms with van der Waals surface area (Å²) in [6, 6.07) is 11.9. The summed E-state index contributed by atoms with van der Waals surface area (Å²) in [6.07, 6.45) is 0.798. The number of aliphatic carboxylic acids is 1. The van der Waals surface area contributed by atoms with Crippen molar-refractivity contribution >= 4 is 5.97 Å². The smallest absolute Gasteiger partial charge is 0.309 e. The Balaban J connectivity index is 1.36. The molecule has 4 rings (SSSR count). The van der Waals surface area contributed by atoms with Gasteiger partial charge < -0.3 is 14.6 Å². The molecule has 0 aromatic heterocycles. The number of nitriles is 1. The van der Waals surface area contributed by atoms with Crippen LogP contribution < -0.4 is 9.47 Å². The van der Waals surface area contributed by atoms with Gasteiger partial charge in [-0.15, -0.1) is 0 Å². The van der Waals surface area contributed by atoms with E-state index in [1.807, 2.05) is 18.2 Å². The van der Waals surface area contributed by atoms with E-state index >= 15 is 0 Å². The van der Waals surface area contributed by atoms with E-state index in [4.69, 9.17) is 19.8 Å². The second-order valence-corrected chi connectivity index (χ2v) is 7.13. The van der Waals surface area contributed by atoms with Crippen LogP contribution in [0.4, 0.5) is 4.39 Å². The lowest BCUT2D eigenvalue weighted by Crippen LogP contribution is -2.57. The van der Waals surface area contributed by atoms with E-state index in [1.54, 1.807) is 18.2 Å². The summed E-state index contributed by atoms with van der Waals surface area (Å²) in [5, 5.41) is 17.8. The molecule has 7 heteroatoms. The summed E-state index contributed by atoms with van der Waals surface area (Å²) >= 11 is 0. The fourth-order valence-corrected chi connectivity index (χ4v) is 3.52. The maximum Gasteiger partial charge on any atom is 0.309 e. The molecule has 144 valence electrons. The number of carboxylic acids is 1. The summed E-state index contributed by atoms with van der Waals surface area (Å²) in [5.41, 5.74) is 1.70. The van der Waals surface area contributed by atoms with E-state index < -0.39 is 11.8 Å². The number of carboxylic acid groups (broad SMARTS) is 1. The number of halogens is 1. The van der Waals surface area contributed by atoms with Crippen molar-refractivity contribution in [3.8, 4) is 17.6 Å². The molecule has 0 aliphatic carbocycles. The monoisotopic (exact) mass is 382 g/mol. The topological polar surface area (TPSA) is 82.8 Å². The molecule has 1 N–H and O–H groups in total. The first kappa shape index (κ1) is 18.3. The van der Waals surface area contributed by atoms with E-state index in [-0.39, 0.29) is 24.1 Å². The molecule has 2 aromatic rings. The van der Waals surface area contributed by atoms with Gasteiger partial charge in [-0.05, 0) is 30.2 Å². The Hall–Kier alpha value is -3.11. The predicted octanol–water partition coefficient (Wildman–Crippen LogP) is 2.60. The molecule has 0 amide bonds. The van der Waals surface area contributed by atoms with Gasteiger partial charge in [0.15, 0.2) is 0 Å². The van der Waals surface area contributed by atoms with Crippen molar-refractivity contribution in [2.24, 2.45) is 5.92 Å². The lowest BCUT2D eigenvalue weighted by molar-refractivity contribution is -0.149. The standard InChI is InChI=1S/C21H19FN2O4/c22-19-5-13(8-23)1-2-15(19)11-27-18-4-3-14-6-17(12-28-20(14)7-18)24-9-16(10-24)21(25)26/h1-5,7,16-17H,6,9-12H2,(H,25,26). The van der Waals surface area contributed by atoms with E-state index in [1.165, 1.54) is 6.07 Å². The number of ether oxygens (including phenoxy) is 2. The van der Waals surface area contributed by atoms with E-state index in [0.717, 1.165) is 17.7 Å². The van der Waals surface area contributed by atoms with Gasteiger partial charge in [-0.2, -0.15) is 5.26 Å². The SMILES string of the molecule is N#Cc1ccc(COc2ccc3c(c2)OCC(N2CC(C(=O)O)C2)C3)c(F)c1. The highest BCUT2D eigenvalue weighted by Gasteiger charge is 2.38. The lowest BCUT2D eigenvalue weighted by atomic mass is 9.93. The van der Waals surface area contributed by atoms with E-state index in [0.29, 0.717) is 31.0 Å². The van der Waals surface area contributed by atoms with Crippen LogP contribution in [-0.4, -0.2) is 41.7 Å². The summed E-state index contributed by atoms with van der Waals surface area (Å²) in [4.78, 5) is 13.1. The van der Waals surface area contributed by atoms with Gasteiger partial charge in [0.05, 0.1) is 17.6 Å². The highest BCUT2D eigenvalue weighted by Crippen LogP contribution is 2.33. The average Bonchev–Trinajstić information content (AvgIpc) is 2.65. The van der Waals surface area contributed by atoms with Crippen LogP contribution in [0.3, 0.4) is 0 Å². The van der Waals surface area contributed by atoms with Crippen LogP contribution >= 0.6 is 0 Å². The van der Waals surface area contributed by atoms with Crippen molar-refractivity contribution in [2.45, 2.75) is 19.1 Å². The zero-order valence-corrected chi connectivity index (χ0v) is 15.1. The molecule has 28 heavy (non-hydrogen) atoms. The van der Waals surface area contributed by atoms with E-state index in [2.05, 4.69) is 4.90 Å². The number of carbonyl (C=O) groups is 1. The van der Waals surface area contributed by atoms with Gasteiger partial charge in [-0.25, -0.2) is 4.39 Å². The minimum absolute atomic E-state index is 0.0588. The summed E-state index contributed by atoms with van der Waals surface area (Å²) in [6.45, 7) is 1.70. The van der Waals surface area contributed by atoms with Crippen LogP contribution in [0.5, 0.6) is 11.5 Å². The molecule has 1 saturated heterocycles. The number of nitrogens with zero attached hydrogens (tertiary/aromatic N) is 2. The Morgan fingerprint density at radius 1 is 1.32 bits per heavy atom. The number of benzene rings is 2. The first-order chi connectivity index (χ1) is 13.5. The number of rotatable bonds is 5. The molecule has 1 atom stereocenters. The number of likely N-dealkylation sites (tertiary alicyclic amines) is 1. The van der Waals surface area contributed by atoms with Gasteiger partial charge in [0, 0.05) is 30.8 Å². The molecule has 2 heterocycles. The number of hydrogen-bond donors (Lipinski definition) is 1. The third-order valence-corrected chi connectivity index (χ3v) is 5.28. The maximum absolute atomic E-state index is 14.0.